The molecule has 0 bridgehead atoms. The molecule has 0 aliphatic carbocycles. The normalized spacial score (nSPS) is 15.5. The first-order chi connectivity index (χ1) is 13.2. The molecule has 2 heterocycles. The third kappa shape index (κ3) is 6.04. The van der Waals surface area contributed by atoms with E-state index in [2.05, 4.69) is 27.6 Å². The number of hydrogen-bond acceptors (Lipinski definition) is 4. The van der Waals surface area contributed by atoms with Gasteiger partial charge in [-0.15, -0.1) is 12.4 Å². The number of carbonyl (C=O) groups excluding carboxylic acids is 1. The topological polar surface area (TPSA) is 57.3 Å². The fraction of sp³-hybridized carbons (Fsp3) is 0.368. The number of hydrogen-bond donors (Lipinski definition) is 2. The average Bonchev–Trinajstić information content (AvgIpc) is 2.63. The molecule has 0 spiro atoms. The minimum Gasteiger partial charge on any atom is -0.367 e. The Morgan fingerprint density at radius 1 is 1.14 bits per heavy atom. The number of halogens is 5. The summed E-state index contributed by atoms with van der Waals surface area (Å²) in [6.45, 7) is 1.91. The van der Waals surface area contributed by atoms with Crippen LogP contribution in [0.3, 0.4) is 0 Å². The van der Waals surface area contributed by atoms with Crippen LogP contribution in [-0.2, 0) is 6.18 Å². The number of rotatable bonds is 4. The van der Waals surface area contributed by atoms with Crippen molar-refractivity contribution in [3.05, 3.63) is 53.3 Å². The Kier molecular flexibility index (Phi) is 7.43. The number of piperidine rings is 1. The highest BCUT2D eigenvalue weighted by Gasteiger charge is 2.35. The molecule has 1 aliphatic rings. The maximum absolute atomic E-state index is 13.2. The van der Waals surface area contributed by atoms with Gasteiger partial charge in [0.2, 0.25) is 0 Å². The summed E-state index contributed by atoms with van der Waals surface area (Å²) in [5.74, 6) is -1.43. The first kappa shape index (κ1) is 22.9. The van der Waals surface area contributed by atoms with Crippen LogP contribution in [-0.4, -0.2) is 42.0 Å². The lowest BCUT2D eigenvalue weighted by atomic mass is 10.1. The van der Waals surface area contributed by atoms with Crippen molar-refractivity contribution >= 4 is 29.9 Å². The number of anilines is 2. The van der Waals surface area contributed by atoms with Crippen LogP contribution in [0.4, 0.5) is 29.2 Å². The first-order valence-corrected chi connectivity index (χ1v) is 8.82. The van der Waals surface area contributed by atoms with Crippen LogP contribution in [0.1, 0.15) is 28.8 Å². The van der Waals surface area contributed by atoms with Crippen LogP contribution >= 0.6 is 12.4 Å². The Hall–Kier alpha value is -2.39. The van der Waals surface area contributed by atoms with Crippen LogP contribution in [0.2, 0.25) is 0 Å². The van der Waals surface area contributed by atoms with E-state index in [1.165, 1.54) is 6.07 Å². The number of aromatic nitrogens is 1. The molecule has 1 fully saturated rings. The van der Waals surface area contributed by atoms with Gasteiger partial charge in [-0.2, -0.15) is 13.2 Å². The smallest absolute Gasteiger partial charge is 0.367 e. The molecule has 10 heteroatoms. The molecule has 0 saturated carbocycles. The minimum absolute atomic E-state index is 0. The van der Waals surface area contributed by atoms with E-state index >= 15 is 0 Å². The van der Waals surface area contributed by atoms with E-state index in [1.54, 1.807) is 12.1 Å². The van der Waals surface area contributed by atoms with Gasteiger partial charge in [0.05, 0.1) is 11.1 Å². The molecular formula is C19H21ClF4N4O. The SMILES string of the molecule is CN1CCC(Nc2cccc(NC(=O)c3ccc(F)cc3C(F)(F)F)n2)CC1.Cl. The molecule has 1 saturated heterocycles. The predicted octanol–water partition coefficient (Wildman–Crippen LogP) is 4.42. The number of amides is 1. The van der Waals surface area contributed by atoms with Crippen molar-refractivity contribution in [1.29, 1.82) is 0 Å². The summed E-state index contributed by atoms with van der Waals surface area (Å²) >= 11 is 0. The fourth-order valence-electron chi connectivity index (χ4n) is 3.08. The third-order valence-electron chi connectivity index (χ3n) is 4.59. The van der Waals surface area contributed by atoms with Crippen LogP contribution < -0.4 is 10.6 Å². The predicted molar refractivity (Wildman–Crippen MR) is 105 cm³/mol. The maximum Gasteiger partial charge on any atom is 0.417 e. The fourth-order valence-corrected chi connectivity index (χ4v) is 3.08. The molecular weight excluding hydrogens is 412 g/mol. The number of nitrogens with one attached hydrogen (secondary N) is 2. The minimum atomic E-state index is -4.85. The summed E-state index contributed by atoms with van der Waals surface area (Å²) in [5.41, 5.74) is -1.99. The summed E-state index contributed by atoms with van der Waals surface area (Å²) in [6, 6.07) is 7.03. The zero-order valence-corrected chi connectivity index (χ0v) is 16.4. The van der Waals surface area contributed by atoms with Crippen molar-refractivity contribution in [3.63, 3.8) is 0 Å². The van der Waals surface area contributed by atoms with Crippen LogP contribution in [0.25, 0.3) is 0 Å². The summed E-state index contributed by atoms with van der Waals surface area (Å²) in [6.07, 6.45) is -2.96. The lowest BCUT2D eigenvalue weighted by Gasteiger charge is -2.29. The molecule has 1 aromatic carbocycles. The van der Waals surface area contributed by atoms with Crippen molar-refractivity contribution < 1.29 is 22.4 Å². The monoisotopic (exact) mass is 432 g/mol. The number of alkyl halides is 3. The van der Waals surface area contributed by atoms with Crippen molar-refractivity contribution in [1.82, 2.24) is 9.88 Å². The van der Waals surface area contributed by atoms with Gasteiger partial charge in [0.25, 0.3) is 5.91 Å². The van der Waals surface area contributed by atoms with E-state index in [-0.39, 0.29) is 24.3 Å². The van der Waals surface area contributed by atoms with Gasteiger partial charge in [0.1, 0.15) is 17.5 Å². The molecule has 0 radical (unpaired) electrons. The molecule has 2 aromatic rings. The Balaban J connectivity index is 0.00000300. The van der Waals surface area contributed by atoms with Crippen LogP contribution in [0, 0.1) is 5.82 Å². The second-order valence-electron chi connectivity index (χ2n) is 6.77. The molecule has 3 rings (SSSR count). The van der Waals surface area contributed by atoms with Gasteiger partial charge < -0.3 is 15.5 Å². The Morgan fingerprint density at radius 2 is 1.79 bits per heavy atom. The highest BCUT2D eigenvalue weighted by Crippen LogP contribution is 2.33. The van der Waals surface area contributed by atoms with Gasteiger partial charge in [-0.3, -0.25) is 4.79 Å². The highest BCUT2D eigenvalue weighted by atomic mass is 35.5. The second kappa shape index (κ2) is 9.41. The number of likely N-dealkylation sites (tertiary alicyclic amines) is 1. The second-order valence-corrected chi connectivity index (χ2v) is 6.77. The molecule has 0 atom stereocenters. The molecule has 1 aliphatic heterocycles. The molecule has 0 unspecified atom stereocenters. The van der Waals surface area contributed by atoms with Gasteiger partial charge in [-0.25, -0.2) is 9.37 Å². The summed E-state index contributed by atoms with van der Waals surface area (Å²) in [7, 11) is 2.05. The standard InChI is InChI=1S/C19H20F4N4O.ClH/c1-27-9-7-13(8-10-27)24-16-3-2-4-17(25-16)26-18(28)14-6-5-12(20)11-15(14)19(21,22)23;/h2-6,11,13H,7-10H2,1H3,(H2,24,25,26,28);1H. The van der Waals surface area contributed by atoms with E-state index in [1.807, 2.05) is 0 Å². The number of pyridine rings is 1. The number of carbonyl (C=O) groups is 1. The van der Waals surface area contributed by atoms with E-state index in [4.69, 9.17) is 0 Å². The van der Waals surface area contributed by atoms with Crippen molar-refractivity contribution in [3.8, 4) is 0 Å². The lowest BCUT2D eigenvalue weighted by Crippen LogP contribution is -2.36. The van der Waals surface area contributed by atoms with Gasteiger partial charge in [-0.05, 0) is 63.3 Å². The van der Waals surface area contributed by atoms with E-state index in [9.17, 15) is 22.4 Å². The third-order valence-corrected chi connectivity index (χ3v) is 4.59. The maximum atomic E-state index is 13.2. The molecule has 2 N–H and O–H groups in total. The van der Waals surface area contributed by atoms with Crippen LogP contribution in [0.5, 0.6) is 0 Å². The quantitative estimate of drug-likeness (QED) is 0.702. The molecule has 29 heavy (non-hydrogen) atoms. The van der Waals surface area contributed by atoms with E-state index in [0.29, 0.717) is 11.9 Å². The largest absolute Gasteiger partial charge is 0.417 e. The zero-order valence-electron chi connectivity index (χ0n) is 15.6. The molecule has 5 nitrogen and oxygen atoms in total. The van der Waals surface area contributed by atoms with Gasteiger partial charge in [0, 0.05) is 6.04 Å². The molecule has 1 amide bonds. The summed E-state index contributed by atoms with van der Waals surface area (Å²) in [5, 5.41) is 5.63. The van der Waals surface area contributed by atoms with Crippen molar-refractivity contribution in [2.24, 2.45) is 0 Å². The Morgan fingerprint density at radius 3 is 2.45 bits per heavy atom. The molecule has 1 aromatic heterocycles. The Labute approximate surface area is 171 Å². The van der Waals surface area contributed by atoms with Gasteiger partial charge in [-0.1, -0.05) is 6.07 Å². The number of nitrogens with zero attached hydrogens (tertiary/aromatic N) is 2. The van der Waals surface area contributed by atoms with E-state index in [0.717, 1.165) is 38.1 Å². The van der Waals surface area contributed by atoms with Crippen LogP contribution in [0.15, 0.2) is 36.4 Å². The lowest BCUT2D eigenvalue weighted by molar-refractivity contribution is -0.138. The first-order valence-electron chi connectivity index (χ1n) is 8.82. The summed E-state index contributed by atoms with van der Waals surface area (Å²) < 4.78 is 52.5. The zero-order chi connectivity index (χ0) is 20.3. The average molecular weight is 433 g/mol. The van der Waals surface area contributed by atoms with E-state index < -0.39 is 29.0 Å². The number of benzene rings is 1. The Bertz CT molecular complexity index is 854. The van der Waals surface area contributed by atoms with Crippen molar-refractivity contribution in [2.75, 3.05) is 30.8 Å². The van der Waals surface area contributed by atoms with Crippen molar-refractivity contribution in [2.45, 2.75) is 25.1 Å². The van der Waals surface area contributed by atoms with Gasteiger partial charge >= 0.3 is 6.18 Å². The van der Waals surface area contributed by atoms with Gasteiger partial charge in [0.15, 0.2) is 0 Å². The molecule has 158 valence electrons. The summed E-state index contributed by atoms with van der Waals surface area (Å²) in [4.78, 5) is 18.8. The highest BCUT2D eigenvalue weighted by molar-refractivity contribution is 6.05.